The number of nitrogens with two attached hydrogens (primary N) is 1. The Hall–Kier alpha value is -0.860. The molecule has 1 aliphatic carbocycles. The smallest absolute Gasteiger partial charge is 0.0219 e. The van der Waals surface area contributed by atoms with Gasteiger partial charge in [-0.05, 0) is 68.8 Å². The number of hydrogen-bond donors (Lipinski definition) is 2. The average Bonchev–Trinajstić information content (AvgIpc) is 2.41. The first kappa shape index (κ1) is 14.5. The molecule has 0 spiro atoms. The van der Waals surface area contributed by atoms with Gasteiger partial charge in [0, 0.05) is 12.1 Å². The average molecular weight is 260 g/mol. The predicted octanol–water partition coefficient (Wildman–Crippen LogP) is 3.01. The zero-order chi connectivity index (χ0) is 13.8. The van der Waals surface area contributed by atoms with Crippen LogP contribution in [-0.4, -0.2) is 18.6 Å². The minimum absolute atomic E-state index is 0.356. The van der Waals surface area contributed by atoms with Crippen molar-refractivity contribution in [2.45, 2.75) is 65.0 Å². The lowest BCUT2D eigenvalue weighted by Crippen LogP contribution is -2.47. The Morgan fingerprint density at radius 2 is 1.84 bits per heavy atom. The number of benzene rings is 1. The molecule has 3 N–H and O–H groups in total. The van der Waals surface area contributed by atoms with E-state index >= 15 is 0 Å². The molecule has 0 heterocycles. The van der Waals surface area contributed by atoms with Gasteiger partial charge in [0.2, 0.25) is 0 Å². The molecule has 2 nitrogen and oxygen atoms in total. The largest absolute Gasteiger partial charge is 0.326 e. The molecule has 0 amide bonds. The van der Waals surface area contributed by atoms with Gasteiger partial charge >= 0.3 is 0 Å². The van der Waals surface area contributed by atoms with E-state index in [4.69, 9.17) is 5.73 Å². The van der Waals surface area contributed by atoms with Crippen LogP contribution in [0.4, 0.5) is 0 Å². The molecule has 2 heteroatoms. The fourth-order valence-corrected chi connectivity index (χ4v) is 3.09. The molecule has 1 fully saturated rings. The van der Waals surface area contributed by atoms with Gasteiger partial charge in [-0.25, -0.2) is 0 Å². The molecule has 106 valence electrons. The van der Waals surface area contributed by atoms with E-state index in [0.717, 1.165) is 13.0 Å². The van der Waals surface area contributed by atoms with Gasteiger partial charge in [0.1, 0.15) is 0 Å². The van der Waals surface area contributed by atoms with Gasteiger partial charge < -0.3 is 11.1 Å². The molecular formula is C17H28N2. The summed E-state index contributed by atoms with van der Waals surface area (Å²) in [5.41, 5.74) is 11.9. The first-order valence-electron chi connectivity index (χ1n) is 7.64. The van der Waals surface area contributed by atoms with Gasteiger partial charge in [0.15, 0.2) is 0 Å². The number of rotatable bonds is 4. The third-order valence-corrected chi connectivity index (χ3v) is 4.79. The second-order valence-electron chi connectivity index (χ2n) is 6.05. The monoisotopic (exact) mass is 260 g/mol. The SMILES string of the molecule is Cc1ccc(CCNC2CCCCC2N)c(C)c1C. The minimum atomic E-state index is 0.356. The Balaban J connectivity index is 1.87. The zero-order valence-electron chi connectivity index (χ0n) is 12.6. The third-order valence-electron chi connectivity index (χ3n) is 4.79. The molecule has 1 aromatic rings. The summed E-state index contributed by atoms with van der Waals surface area (Å²) in [7, 11) is 0. The van der Waals surface area contributed by atoms with E-state index in [0.29, 0.717) is 12.1 Å². The second-order valence-corrected chi connectivity index (χ2v) is 6.05. The molecule has 0 radical (unpaired) electrons. The summed E-state index contributed by atoms with van der Waals surface area (Å²) in [5, 5.41) is 3.66. The standard InChI is InChI=1S/C17H28N2/c1-12-8-9-15(14(3)13(12)2)10-11-19-17-7-5-4-6-16(17)18/h8-9,16-17,19H,4-7,10-11,18H2,1-3H3. The first-order chi connectivity index (χ1) is 9.09. The van der Waals surface area contributed by atoms with Crippen LogP contribution in [0.3, 0.4) is 0 Å². The van der Waals surface area contributed by atoms with Crippen LogP contribution in [0.25, 0.3) is 0 Å². The maximum atomic E-state index is 6.17. The minimum Gasteiger partial charge on any atom is -0.326 e. The maximum absolute atomic E-state index is 6.17. The van der Waals surface area contributed by atoms with Gasteiger partial charge in [-0.2, -0.15) is 0 Å². The van der Waals surface area contributed by atoms with E-state index in [9.17, 15) is 0 Å². The predicted molar refractivity (Wildman–Crippen MR) is 82.6 cm³/mol. The van der Waals surface area contributed by atoms with Crippen LogP contribution in [0.1, 0.15) is 47.9 Å². The van der Waals surface area contributed by atoms with Crippen molar-refractivity contribution in [3.63, 3.8) is 0 Å². The fraction of sp³-hybridized carbons (Fsp3) is 0.647. The highest BCUT2D eigenvalue weighted by molar-refractivity contribution is 5.38. The summed E-state index contributed by atoms with van der Waals surface area (Å²) in [6, 6.07) is 5.40. The van der Waals surface area contributed by atoms with Crippen LogP contribution in [0, 0.1) is 20.8 Å². The Labute approximate surface area is 117 Å². The molecule has 2 unspecified atom stereocenters. The lowest BCUT2D eigenvalue weighted by molar-refractivity contribution is 0.329. The van der Waals surface area contributed by atoms with E-state index in [2.05, 4.69) is 38.2 Å². The Bertz CT molecular complexity index is 426. The van der Waals surface area contributed by atoms with Gasteiger partial charge in [-0.3, -0.25) is 0 Å². The molecule has 19 heavy (non-hydrogen) atoms. The molecular weight excluding hydrogens is 232 g/mol. The van der Waals surface area contributed by atoms with Crippen LogP contribution in [-0.2, 0) is 6.42 Å². The molecule has 0 aromatic heterocycles. The van der Waals surface area contributed by atoms with Crippen LogP contribution in [0.2, 0.25) is 0 Å². The van der Waals surface area contributed by atoms with Crippen molar-refractivity contribution in [2.24, 2.45) is 5.73 Å². The highest BCUT2D eigenvalue weighted by Gasteiger charge is 2.20. The van der Waals surface area contributed by atoms with E-state index in [1.165, 1.54) is 47.9 Å². The van der Waals surface area contributed by atoms with Crippen molar-refractivity contribution in [3.05, 3.63) is 34.4 Å². The Kier molecular flexibility index (Phi) is 5.00. The highest BCUT2D eigenvalue weighted by atomic mass is 14.9. The highest BCUT2D eigenvalue weighted by Crippen LogP contribution is 2.19. The van der Waals surface area contributed by atoms with Crippen molar-refractivity contribution < 1.29 is 0 Å². The van der Waals surface area contributed by atoms with Gasteiger partial charge in [-0.15, -0.1) is 0 Å². The third kappa shape index (κ3) is 3.58. The van der Waals surface area contributed by atoms with Gasteiger partial charge in [0.25, 0.3) is 0 Å². The van der Waals surface area contributed by atoms with Gasteiger partial charge in [0.05, 0.1) is 0 Å². The van der Waals surface area contributed by atoms with Crippen molar-refractivity contribution >= 4 is 0 Å². The summed E-state index contributed by atoms with van der Waals surface area (Å²) in [4.78, 5) is 0. The summed E-state index contributed by atoms with van der Waals surface area (Å²) in [6.07, 6.45) is 6.16. The lowest BCUT2D eigenvalue weighted by atomic mass is 9.90. The topological polar surface area (TPSA) is 38.0 Å². The van der Waals surface area contributed by atoms with Gasteiger partial charge in [-0.1, -0.05) is 25.0 Å². The molecule has 0 bridgehead atoms. The number of aryl methyl sites for hydroxylation is 1. The summed E-state index contributed by atoms with van der Waals surface area (Å²) in [5.74, 6) is 0. The van der Waals surface area contributed by atoms with Crippen LogP contribution in [0.15, 0.2) is 12.1 Å². The van der Waals surface area contributed by atoms with E-state index in [1.54, 1.807) is 0 Å². The molecule has 1 aliphatic rings. The first-order valence-corrected chi connectivity index (χ1v) is 7.64. The molecule has 0 aliphatic heterocycles. The molecule has 2 rings (SSSR count). The van der Waals surface area contributed by atoms with Crippen LogP contribution >= 0.6 is 0 Å². The number of nitrogens with one attached hydrogen (secondary N) is 1. The Morgan fingerprint density at radius 3 is 2.58 bits per heavy atom. The fourth-order valence-electron chi connectivity index (χ4n) is 3.09. The maximum Gasteiger partial charge on any atom is 0.0219 e. The molecule has 0 saturated heterocycles. The van der Waals surface area contributed by atoms with E-state index in [-0.39, 0.29) is 0 Å². The molecule has 2 atom stereocenters. The van der Waals surface area contributed by atoms with Crippen molar-refractivity contribution in [1.29, 1.82) is 0 Å². The Morgan fingerprint density at radius 1 is 1.11 bits per heavy atom. The van der Waals surface area contributed by atoms with Crippen molar-refractivity contribution in [3.8, 4) is 0 Å². The van der Waals surface area contributed by atoms with E-state index < -0.39 is 0 Å². The number of hydrogen-bond acceptors (Lipinski definition) is 2. The summed E-state index contributed by atoms with van der Waals surface area (Å²) >= 11 is 0. The summed E-state index contributed by atoms with van der Waals surface area (Å²) in [6.45, 7) is 7.69. The zero-order valence-corrected chi connectivity index (χ0v) is 12.6. The molecule has 1 saturated carbocycles. The van der Waals surface area contributed by atoms with Crippen molar-refractivity contribution in [1.82, 2.24) is 5.32 Å². The quantitative estimate of drug-likeness (QED) is 0.873. The van der Waals surface area contributed by atoms with E-state index in [1.807, 2.05) is 0 Å². The normalized spacial score (nSPS) is 23.6. The summed E-state index contributed by atoms with van der Waals surface area (Å²) < 4.78 is 0. The lowest BCUT2D eigenvalue weighted by Gasteiger charge is -2.29. The van der Waals surface area contributed by atoms with Crippen LogP contribution < -0.4 is 11.1 Å². The molecule has 1 aromatic carbocycles. The van der Waals surface area contributed by atoms with Crippen LogP contribution in [0.5, 0.6) is 0 Å². The van der Waals surface area contributed by atoms with Crippen molar-refractivity contribution in [2.75, 3.05) is 6.54 Å². The second kappa shape index (κ2) is 6.53.